The number of hydrogen-bond donors (Lipinski definition) is 0. The van der Waals surface area contributed by atoms with Gasteiger partial charge >= 0.3 is 0 Å². The highest BCUT2D eigenvalue weighted by atomic mass is 15.2. The van der Waals surface area contributed by atoms with Crippen molar-refractivity contribution in [3.05, 3.63) is 35.9 Å². The number of piperazine rings is 1. The number of likely N-dealkylation sites (N-methyl/N-ethyl adjacent to an activating group) is 1. The van der Waals surface area contributed by atoms with Crippen molar-refractivity contribution in [3.63, 3.8) is 0 Å². The quantitative estimate of drug-likeness (QED) is 0.776. The highest BCUT2D eigenvalue weighted by Crippen LogP contribution is 2.06. The van der Waals surface area contributed by atoms with Crippen LogP contribution in [0.5, 0.6) is 0 Å². The largest absolute Gasteiger partial charge is 0.304 e. The first-order valence-electron chi connectivity index (χ1n) is 6.71. The van der Waals surface area contributed by atoms with Gasteiger partial charge in [0.25, 0.3) is 0 Å². The normalized spacial score (nSPS) is 17.4. The predicted molar refractivity (Wildman–Crippen MR) is 75.2 cm³/mol. The summed E-state index contributed by atoms with van der Waals surface area (Å²) in [4.78, 5) is 4.91. The van der Waals surface area contributed by atoms with Gasteiger partial charge in [-0.2, -0.15) is 0 Å². The lowest BCUT2D eigenvalue weighted by atomic mass is 10.2. The molecule has 0 unspecified atom stereocenters. The molecule has 1 saturated heterocycles. The third-order valence-corrected chi connectivity index (χ3v) is 2.84. The Labute approximate surface area is 106 Å². The molecule has 0 N–H and O–H groups in total. The van der Waals surface area contributed by atoms with Gasteiger partial charge in [0, 0.05) is 32.7 Å². The van der Waals surface area contributed by atoms with Crippen LogP contribution < -0.4 is 0 Å². The van der Waals surface area contributed by atoms with Gasteiger partial charge in [0.1, 0.15) is 0 Å². The molecular formula is C15H26N2. The van der Waals surface area contributed by atoms with Gasteiger partial charge in [0.05, 0.1) is 0 Å². The van der Waals surface area contributed by atoms with Gasteiger partial charge < -0.3 is 4.90 Å². The Hall–Kier alpha value is -0.860. The fraction of sp³-hybridized carbons (Fsp3) is 0.600. The Bertz CT molecular complexity index is 276. The maximum absolute atomic E-state index is 2.52. The molecule has 0 amide bonds. The molecule has 0 aromatic heterocycles. The van der Waals surface area contributed by atoms with Crippen molar-refractivity contribution in [3.8, 4) is 0 Å². The maximum atomic E-state index is 2.52. The number of rotatable bonds is 2. The van der Waals surface area contributed by atoms with Gasteiger partial charge in [-0.25, -0.2) is 0 Å². The van der Waals surface area contributed by atoms with Crippen molar-refractivity contribution in [2.45, 2.75) is 26.8 Å². The second-order valence-electron chi connectivity index (χ2n) is 4.77. The highest BCUT2D eigenvalue weighted by Gasteiger charge is 2.13. The first kappa shape index (κ1) is 14.2. The summed E-state index contributed by atoms with van der Waals surface area (Å²) in [5, 5.41) is 0. The van der Waals surface area contributed by atoms with E-state index in [-0.39, 0.29) is 0 Å². The van der Waals surface area contributed by atoms with Crippen LogP contribution in [-0.4, -0.2) is 43.0 Å². The minimum atomic E-state index is 1.11. The van der Waals surface area contributed by atoms with Gasteiger partial charge in [-0.1, -0.05) is 50.6 Å². The minimum absolute atomic E-state index is 1.11. The second-order valence-corrected chi connectivity index (χ2v) is 4.77. The number of benzene rings is 1. The first-order valence-corrected chi connectivity index (χ1v) is 6.71. The van der Waals surface area contributed by atoms with Crippen LogP contribution >= 0.6 is 0 Å². The molecule has 1 fully saturated rings. The van der Waals surface area contributed by atoms with E-state index in [1.54, 1.807) is 0 Å². The molecule has 0 bridgehead atoms. The molecule has 1 aliphatic rings. The summed E-state index contributed by atoms with van der Waals surface area (Å²) >= 11 is 0. The van der Waals surface area contributed by atoms with Crippen LogP contribution in [-0.2, 0) is 6.54 Å². The SMILES string of the molecule is CCC.CN1CCN(Cc2ccccc2)CC1. The van der Waals surface area contributed by atoms with E-state index in [0.29, 0.717) is 0 Å². The molecule has 2 nitrogen and oxygen atoms in total. The second kappa shape index (κ2) is 8.26. The molecule has 0 saturated carbocycles. The van der Waals surface area contributed by atoms with E-state index < -0.39 is 0 Å². The van der Waals surface area contributed by atoms with Crippen LogP contribution in [0, 0.1) is 0 Å². The highest BCUT2D eigenvalue weighted by molar-refractivity contribution is 5.14. The summed E-state index contributed by atoms with van der Waals surface area (Å²) in [5.74, 6) is 0. The van der Waals surface area contributed by atoms with E-state index in [1.807, 2.05) is 0 Å². The van der Waals surface area contributed by atoms with E-state index in [1.165, 1.54) is 38.2 Å². The van der Waals surface area contributed by atoms with Crippen LogP contribution in [0.4, 0.5) is 0 Å². The topological polar surface area (TPSA) is 6.48 Å². The molecule has 2 rings (SSSR count). The summed E-state index contributed by atoms with van der Waals surface area (Å²) in [6, 6.07) is 10.7. The maximum Gasteiger partial charge on any atom is 0.0234 e. The van der Waals surface area contributed by atoms with Crippen molar-refractivity contribution in [2.24, 2.45) is 0 Å². The van der Waals surface area contributed by atoms with E-state index in [9.17, 15) is 0 Å². The van der Waals surface area contributed by atoms with Crippen molar-refractivity contribution in [1.82, 2.24) is 9.80 Å². The van der Waals surface area contributed by atoms with Crippen LogP contribution in [0.1, 0.15) is 25.8 Å². The number of nitrogens with zero attached hydrogens (tertiary/aromatic N) is 2. The summed E-state index contributed by atoms with van der Waals surface area (Å²) < 4.78 is 0. The van der Waals surface area contributed by atoms with Crippen LogP contribution in [0.2, 0.25) is 0 Å². The van der Waals surface area contributed by atoms with Gasteiger partial charge in [-0.3, -0.25) is 4.90 Å². The standard InChI is InChI=1S/C12H18N2.C3H8/c1-13-7-9-14(10-8-13)11-12-5-3-2-4-6-12;1-3-2/h2-6H,7-11H2,1H3;3H2,1-2H3. The Kier molecular flexibility index (Phi) is 6.90. The van der Waals surface area contributed by atoms with Gasteiger partial charge in [0.15, 0.2) is 0 Å². The van der Waals surface area contributed by atoms with Crippen LogP contribution in [0.25, 0.3) is 0 Å². The first-order chi connectivity index (χ1) is 8.26. The molecule has 17 heavy (non-hydrogen) atoms. The molecule has 0 radical (unpaired) electrons. The van der Waals surface area contributed by atoms with Gasteiger partial charge in [0.2, 0.25) is 0 Å². The molecule has 1 aromatic rings. The lowest BCUT2D eigenvalue weighted by Crippen LogP contribution is -2.43. The van der Waals surface area contributed by atoms with E-state index >= 15 is 0 Å². The van der Waals surface area contributed by atoms with Crippen LogP contribution in [0.15, 0.2) is 30.3 Å². The van der Waals surface area contributed by atoms with E-state index in [4.69, 9.17) is 0 Å². The minimum Gasteiger partial charge on any atom is -0.304 e. The molecule has 1 heterocycles. The predicted octanol–water partition coefficient (Wildman–Crippen LogP) is 2.85. The molecular weight excluding hydrogens is 208 g/mol. The van der Waals surface area contributed by atoms with Crippen molar-refractivity contribution in [1.29, 1.82) is 0 Å². The third kappa shape index (κ3) is 5.85. The summed E-state index contributed by atoms with van der Waals surface area (Å²) in [7, 11) is 2.19. The summed E-state index contributed by atoms with van der Waals surface area (Å²) in [5.41, 5.74) is 1.43. The van der Waals surface area contributed by atoms with Crippen LogP contribution in [0.3, 0.4) is 0 Å². The summed E-state index contributed by atoms with van der Waals surface area (Å²) in [6.07, 6.45) is 1.25. The van der Waals surface area contributed by atoms with Crippen molar-refractivity contribution >= 4 is 0 Å². The Morgan fingerprint density at radius 3 is 2.00 bits per heavy atom. The average Bonchev–Trinajstić information content (AvgIpc) is 2.35. The zero-order valence-electron chi connectivity index (χ0n) is 11.5. The molecule has 0 aliphatic carbocycles. The molecule has 1 aliphatic heterocycles. The molecule has 0 spiro atoms. The van der Waals surface area contributed by atoms with Gasteiger partial charge in [-0.15, -0.1) is 0 Å². The van der Waals surface area contributed by atoms with E-state index in [0.717, 1.165) is 6.54 Å². The average molecular weight is 234 g/mol. The zero-order chi connectivity index (χ0) is 12.5. The zero-order valence-corrected chi connectivity index (χ0v) is 11.5. The number of hydrogen-bond acceptors (Lipinski definition) is 2. The van der Waals surface area contributed by atoms with E-state index in [2.05, 4.69) is 61.0 Å². The third-order valence-electron chi connectivity index (χ3n) is 2.84. The molecule has 2 heteroatoms. The smallest absolute Gasteiger partial charge is 0.0234 e. The molecule has 1 aromatic carbocycles. The fourth-order valence-electron chi connectivity index (χ4n) is 1.85. The van der Waals surface area contributed by atoms with Crippen molar-refractivity contribution in [2.75, 3.05) is 33.2 Å². The lowest BCUT2D eigenvalue weighted by molar-refractivity contribution is 0.148. The fourth-order valence-corrected chi connectivity index (χ4v) is 1.85. The lowest BCUT2D eigenvalue weighted by Gasteiger charge is -2.32. The Balaban J connectivity index is 0.000000437. The monoisotopic (exact) mass is 234 g/mol. The van der Waals surface area contributed by atoms with Gasteiger partial charge in [-0.05, 0) is 12.6 Å². The molecule has 96 valence electrons. The Morgan fingerprint density at radius 2 is 1.47 bits per heavy atom. The van der Waals surface area contributed by atoms with Crippen molar-refractivity contribution < 1.29 is 0 Å². The molecule has 0 atom stereocenters. The summed E-state index contributed by atoms with van der Waals surface area (Å²) in [6.45, 7) is 10.2. The Morgan fingerprint density at radius 1 is 0.941 bits per heavy atom.